The first kappa shape index (κ1) is 11.8. The lowest BCUT2D eigenvalue weighted by atomic mass is 10.0. The van der Waals surface area contributed by atoms with Gasteiger partial charge in [0, 0.05) is 13.1 Å². The van der Waals surface area contributed by atoms with Crippen LogP contribution in [0, 0.1) is 5.92 Å². The van der Waals surface area contributed by atoms with Crippen LogP contribution in [0.2, 0.25) is 0 Å². The Morgan fingerprint density at radius 1 is 1.47 bits per heavy atom. The molecule has 1 aliphatic rings. The summed E-state index contributed by atoms with van der Waals surface area (Å²) in [6, 6.07) is 1.51. The van der Waals surface area contributed by atoms with E-state index in [1.165, 1.54) is 18.7 Å². The average Bonchev–Trinajstić information content (AvgIpc) is 2.54. The normalized spacial score (nSPS) is 21.0. The minimum Gasteiger partial charge on any atom is -0.478 e. The van der Waals surface area contributed by atoms with Crippen LogP contribution in [0.4, 0.5) is 5.82 Å². The molecule has 1 aromatic rings. The first-order chi connectivity index (χ1) is 8.18. The van der Waals surface area contributed by atoms with Crippen LogP contribution in [-0.4, -0.2) is 34.4 Å². The van der Waals surface area contributed by atoms with Crippen molar-refractivity contribution in [3.8, 4) is 0 Å². The lowest BCUT2D eigenvalue weighted by molar-refractivity contribution is 0.0697. The van der Waals surface area contributed by atoms with Gasteiger partial charge in [-0.1, -0.05) is 6.92 Å². The summed E-state index contributed by atoms with van der Waals surface area (Å²) in [5, 5.41) is 16.9. The third-order valence-corrected chi connectivity index (χ3v) is 3.25. The summed E-state index contributed by atoms with van der Waals surface area (Å²) in [5.41, 5.74) is 0.245. The highest BCUT2D eigenvalue weighted by Gasteiger charge is 2.20. The zero-order valence-corrected chi connectivity index (χ0v) is 9.96. The number of carbonyl (C=O) groups is 1. The second-order valence-electron chi connectivity index (χ2n) is 4.60. The highest BCUT2D eigenvalue weighted by atomic mass is 16.4. The first-order valence-electron chi connectivity index (χ1n) is 5.98. The maximum absolute atomic E-state index is 11.1. The van der Waals surface area contributed by atoms with Crippen molar-refractivity contribution in [2.75, 3.05) is 18.0 Å². The molecule has 0 bridgehead atoms. The summed E-state index contributed by atoms with van der Waals surface area (Å²) in [4.78, 5) is 13.2. The first-order valence-corrected chi connectivity index (χ1v) is 5.98. The Bertz CT molecular complexity index is 408. The van der Waals surface area contributed by atoms with Crippen LogP contribution in [0.3, 0.4) is 0 Å². The number of nitrogens with zero attached hydrogens (tertiary/aromatic N) is 3. The fraction of sp³-hybridized carbons (Fsp3) is 0.583. The van der Waals surface area contributed by atoms with E-state index in [-0.39, 0.29) is 5.56 Å². The van der Waals surface area contributed by atoms with Gasteiger partial charge in [-0.05, 0) is 31.2 Å². The topological polar surface area (TPSA) is 66.3 Å². The molecule has 92 valence electrons. The SMILES string of the molecule is CC1CCCN(c2nnccc2C(=O)O)CC1. The van der Waals surface area contributed by atoms with E-state index in [0.717, 1.165) is 25.9 Å². The zero-order valence-electron chi connectivity index (χ0n) is 9.96. The summed E-state index contributed by atoms with van der Waals surface area (Å²) in [6.45, 7) is 3.96. The molecular formula is C12H17N3O2. The molecule has 0 radical (unpaired) electrons. The minimum atomic E-state index is -0.938. The average molecular weight is 235 g/mol. The van der Waals surface area contributed by atoms with Crippen molar-refractivity contribution in [1.29, 1.82) is 0 Å². The lowest BCUT2D eigenvalue weighted by Crippen LogP contribution is -2.27. The predicted molar refractivity (Wildman–Crippen MR) is 64.2 cm³/mol. The van der Waals surface area contributed by atoms with Gasteiger partial charge < -0.3 is 10.0 Å². The Morgan fingerprint density at radius 3 is 3.06 bits per heavy atom. The largest absolute Gasteiger partial charge is 0.478 e. The fourth-order valence-corrected chi connectivity index (χ4v) is 2.20. The molecule has 0 aromatic carbocycles. The molecule has 1 atom stereocenters. The van der Waals surface area contributed by atoms with Crippen LogP contribution in [0.1, 0.15) is 36.5 Å². The van der Waals surface area contributed by atoms with Crippen LogP contribution < -0.4 is 4.90 Å². The molecule has 2 rings (SSSR count). The molecule has 0 aliphatic carbocycles. The molecule has 2 heterocycles. The van der Waals surface area contributed by atoms with Gasteiger partial charge >= 0.3 is 5.97 Å². The molecular weight excluding hydrogens is 218 g/mol. The highest BCUT2D eigenvalue weighted by molar-refractivity contribution is 5.93. The molecule has 1 unspecified atom stereocenters. The van der Waals surface area contributed by atoms with E-state index < -0.39 is 5.97 Å². The van der Waals surface area contributed by atoms with Crippen molar-refractivity contribution in [3.05, 3.63) is 17.8 Å². The second kappa shape index (κ2) is 5.12. The third-order valence-electron chi connectivity index (χ3n) is 3.25. The molecule has 0 amide bonds. The summed E-state index contributed by atoms with van der Waals surface area (Å²) in [6.07, 6.45) is 4.78. The number of anilines is 1. The van der Waals surface area contributed by atoms with E-state index in [0.29, 0.717) is 11.7 Å². The van der Waals surface area contributed by atoms with Crippen LogP contribution in [0.5, 0.6) is 0 Å². The molecule has 17 heavy (non-hydrogen) atoms. The van der Waals surface area contributed by atoms with Crippen LogP contribution >= 0.6 is 0 Å². The van der Waals surface area contributed by atoms with Gasteiger partial charge in [-0.15, -0.1) is 5.10 Å². The molecule has 5 nitrogen and oxygen atoms in total. The number of aromatic nitrogens is 2. The zero-order chi connectivity index (χ0) is 12.3. The van der Waals surface area contributed by atoms with Gasteiger partial charge in [-0.2, -0.15) is 5.10 Å². The number of aromatic carboxylic acids is 1. The van der Waals surface area contributed by atoms with Crippen LogP contribution in [0.25, 0.3) is 0 Å². The summed E-state index contributed by atoms with van der Waals surface area (Å²) in [5.74, 6) is 0.270. The number of hydrogen-bond acceptors (Lipinski definition) is 4. The molecule has 1 aromatic heterocycles. The van der Waals surface area contributed by atoms with E-state index in [4.69, 9.17) is 5.11 Å². The van der Waals surface area contributed by atoms with Gasteiger partial charge in [0.1, 0.15) is 5.56 Å². The van der Waals surface area contributed by atoms with Gasteiger partial charge in [0.15, 0.2) is 5.82 Å². The van der Waals surface area contributed by atoms with Gasteiger partial charge in [0.25, 0.3) is 0 Å². The van der Waals surface area contributed by atoms with Crippen LogP contribution in [-0.2, 0) is 0 Å². The Kier molecular flexibility index (Phi) is 3.56. The number of carboxylic acids is 1. The van der Waals surface area contributed by atoms with E-state index >= 15 is 0 Å². The van der Waals surface area contributed by atoms with Gasteiger partial charge in [-0.3, -0.25) is 0 Å². The molecule has 1 saturated heterocycles. The monoisotopic (exact) mass is 235 g/mol. The Morgan fingerprint density at radius 2 is 2.29 bits per heavy atom. The van der Waals surface area contributed by atoms with Crippen molar-refractivity contribution in [3.63, 3.8) is 0 Å². The lowest BCUT2D eigenvalue weighted by Gasteiger charge is -2.22. The molecule has 1 N–H and O–H groups in total. The Hall–Kier alpha value is -1.65. The number of carboxylic acid groups (broad SMARTS) is 1. The maximum atomic E-state index is 11.1. The number of hydrogen-bond donors (Lipinski definition) is 1. The van der Waals surface area contributed by atoms with E-state index in [9.17, 15) is 4.79 Å². The quantitative estimate of drug-likeness (QED) is 0.846. The predicted octanol–water partition coefficient (Wildman–Crippen LogP) is 1.80. The summed E-state index contributed by atoms with van der Waals surface area (Å²) < 4.78 is 0. The second-order valence-corrected chi connectivity index (χ2v) is 4.60. The minimum absolute atomic E-state index is 0.245. The van der Waals surface area contributed by atoms with Crippen molar-refractivity contribution in [1.82, 2.24) is 10.2 Å². The fourth-order valence-electron chi connectivity index (χ4n) is 2.20. The summed E-state index contributed by atoms with van der Waals surface area (Å²) in [7, 11) is 0. The summed E-state index contributed by atoms with van der Waals surface area (Å²) >= 11 is 0. The Balaban J connectivity index is 2.24. The van der Waals surface area contributed by atoms with Crippen molar-refractivity contribution >= 4 is 11.8 Å². The van der Waals surface area contributed by atoms with Gasteiger partial charge in [0.05, 0.1) is 6.20 Å². The molecule has 0 saturated carbocycles. The van der Waals surface area contributed by atoms with E-state index in [1.54, 1.807) is 0 Å². The van der Waals surface area contributed by atoms with E-state index in [2.05, 4.69) is 17.1 Å². The van der Waals surface area contributed by atoms with E-state index in [1.807, 2.05) is 4.90 Å². The smallest absolute Gasteiger partial charge is 0.339 e. The van der Waals surface area contributed by atoms with Gasteiger partial charge in [0.2, 0.25) is 0 Å². The van der Waals surface area contributed by atoms with Crippen molar-refractivity contribution in [2.24, 2.45) is 5.92 Å². The standard InChI is InChI=1S/C12H17N3O2/c1-9-3-2-7-15(8-5-9)11-10(12(16)17)4-6-13-14-11/h4,6,9H,2-3,5,7-8H2,1H3,(H,16,17). The Labute approximate surface area is 100 Å². The van der Waals surface area contributed by atoms with Crippen molar-refractivity contribution < 1.29 is 9.90 Å². The molecule has 1 aliphatic heterocycles. The molecule has 1 fully saturated rings. The molecule has 5 heteroatoms. The van der Waals surface area contributed by atoms with Crippen molar-refractivity contribution in [2.45, 2.75) is 26.2 Å². The van der Waals surface area contributed by atoms with Gasteiger partial charge in [-0.25, -0.2) is 4.79 Å². The highest BCUT2D eigenvalue weighted by Crippen LogP contribution is 2.23. The third kappa shape index (κ3) is 2.72. The maximum Gasteiger partial charge on any atom is 0.339 e. The number of rotatable bonds is 2. The van der Waals surface area contributed by atoms with Crippen LogP contribution in [0.15, 0.2) is 12.3 Å². The molecule has 0 spiro atoms.